The number of hydrogen-bond acceptors (Lipinski definition) is 4. The summed E-state index contributed by atoms with van der Waals surface area (Å²) in [6.45, 7) is 7.83. The lowest BCUT2D eigenvalue weighted by atomic mass is 10.0. The van der Waals surface area contributed by atoms with E-state index in [9.17, 15) is 8.42 Å². The number of hydrogen-bond donors (Lipinski definition) is 2. The first-order chi connectivity index (χ1) is 12.3. The zero-order valence-electron chi connectivity index (χ0n) is 15.7. The first-order valence-corrected chi connectivity index (χ1v) is 10.3. The molecule has 0 saturated heterocycles. The van der Waals surface area contributed by atoms with Crippen LogP contribution in [-0.2, 0) is 29.7 Å². The highest BCUT2D eigenvalue weighted by atomic mass is 32.2. The number of methoxy groups -OCH3 is 1. The first-order valence-electron chi connectivity index (χ1n) is 8.81. The molecule has 2 aromatic rings. The smallest absolute Gasteiger partial charge is 0.241 e. The molecule has 1 heterocycles. The van der Waals surface area contributed by atoms with Gasteiger partial charge in [-0.05, 0) is 52.8 Å². The number of nitrogens with one attached hydrogen (secondary N) is 2. The molecule has 0 radical (unpaired) electrons. The van der Waals surface area contributed by atoms with E-state index in [1.807, 2.05) is 19.9 Å². The van der Waals surface area contributed by atoms with E-state index in [1.165, 1.54) is 11.1 Å². The maximum Gasteiger partial charge on any atom is 0.241 e. The summed E-state index contributed by atoms with van der Waals surface area (Å²) in [5, 5.41) is 3.30. The van der Waals surface area contributed by atoms with Gasteiger partial charge in [0.05, 0.1) is 12.0 Å². The quantitative estimate of drug-likeness (QED) is 0.815. The number of benzene rings is 2. The van der Waals surface area contributed by atoms with Crippen LogP contribution in [0.25, 0.3) is 0 Å². The number of sulfonamides is 1. The molecule has 1 aliphatic heterocycles. The summed E-state index contributed by atoms with van der Waals surface area (Å²) in [5.41, 5.74) is 5.05. The van der Waals surface area contributed by atoms with Gasteiger partial charge in [-0.25, -0.2) is 13.1 Å². The average molecular weight is 375 g/mol. The zero-order valence-corrected chi connectivity index (χ0v) is 16.5. The summed E-state index contributed by atoms with van der Waals surface area (Å²) < 4.78 is 33.9. The molecule has 2 aromatic carbocycles. The van der Waals surface area contributed by atoms with Gasteiger partial charge in [-0.2, -0.15) is 0 Å². The predicted molar refractivity (Wildman–Crippen MR) is 103 cm³/mol. The van der Waals surface area contributed by atoms with Gasteiger partial charge in [0.15, 0.2) is 0 Å². The Balaban J connectivity index is 1.85. The third kappa shape index (κ3) is 3.77. The highest BCUT2D eigenvalue weighted by Gasteiger charge is 2.21. The lowest BCUT2D eigenvalue weighted by Gasteiger charge is -2.17. The number of rotatable bonds is 6. The van der Waals surface area contributed by atoms with E-state index in [-0.39, 0.29) is 12.5 Å². The molecule has 0 atom stereocenters. The Morgan fingerprint density at radius 3 is 2.58 bits per heavy atom. The van der Waals surface area contributed by atoms with Crippen molar-refractivity contribution < 1.29 is 13.2 Å². The molecule has 0 fully saturated rings. The molecular formula is C20H26N2O3S. The average Bonchev–Trinajstić information content (AvgIpc) is 3.07. The highest BCUT2D eigenvalue weighted by molar-refractivity contribution is 7.89. The molecule has 0 amide bonds. The number of ether oxygens (including phenoxy) is 1. The van der Waals surface area contributed by atoms with Crippen LogP contribution >= 0.6 is 0 Å². The van der Waals surface area contributed by atoms with E-state index < -0.39 is 10.0 Å². The molecule has 0 aliphatic carbocycles. The molecule has 0 unspecified atom stereocenters. The topological polar surface area (TPSA) is 67.4 Å². The third-order valence-electron chi connectivity index (χ3n) is 4.81. The van der Waals surface area contributed by atoms with Gasteiger partial charge in [0.25, 0.3) is 0 Å². The summed E-state index contributed by atoms with van der Waals surface area (Å²) in [7, 11) is -2.00. The Bertz CT molecular complexity index is 921. The molecular weight excluding hydrogens is 348 g/mol. The van der Waals surface area contributed by atoms with Crippen LogP contribution < -0.4 is 14.8 Å². The summed E-state index contributed by atoms with van der Waals surface area (Å²) in [6, 6.07) is 9.64. The predicted octanol–water partition coefficient (Wildman–Crippen LogP) is 3.21. The van der Waals surface area contributed by atoms with Crippen molar-refractivity contribution >= 4 is 10.0 Å². The van der Waals surface area contributed by atoms with E-state index in [0.717, 1.165) is 30.0 Å². The molecule has 1 aliphatic rings. The fraction of sp³-hybridized carbons (Fsp3) is 0.400. The van der Waals surface area contributed by atoms with Crippen LogP contribution in [0.3, 0.4) is 0 Å². The monoisotopic (exact) mass is 374 g/mol. The van der Waals surface area contributed by atoms with E-state index in [4.69, 9.17) is 4.74 Å². The second kappa shape index (κ2) is 7.39. The van der Waals surface area contributed by atoms with Gasteiger partial charge in [0, 0.05) is 19.6 Å². The Hall–Kier alpha value is -1.89. The molecule has 26 heavy (non-hydrogen) atoms. The molecule has 3 rings (SSSR count). The van der Waals surface area contributed by atoms with Gasteiger partial charge in [-0.3, -0.25) is 0 Å². The van der Waals surface area contributed by atoms with Gasteiger partial charge in [0.2, 0.25) is 10.0 Å². The minimum Gasteiger partial charge on any atom is -0.496 e. The summed E-state index contributed by atoms with van der Waals surface area (Å²) >= 11 is 0. The first kappa shape index (κ1) is 18.9. The van der Waals surface area contributed by atoms with E-state index in [1.54, 1.807) is 26.2 Å². The third-order valence-corrected chi connectivity index (χ3v) is 6.35. The van der Waals surface area contributed by atoms with Crippen LogP contribution in [0.15, 0.2) is 35.2 Å². The van der Waals surface area contributed by atoms with Crippen LogP contribution in [0.2, 0.25) is 0 Å². The largest absolute Gasteiger partial charge is 0.496 e. The van der Waals surface area contributed by atoms with Crippen molar-refractivity contribution in [1.29, 1.82) is 0 Å². The van der Waals surface area contributed by atoms with Crippen molar-refractivity contribution in [3.05, 3.63) is 58.1 Å². The zero-order chi connectivity index (χ0) is 18.9. The van der Waals surface area contributed by atoms with Crippen molar-refractivity contribution in [2.24, 2.45) is 0 Å². The highest BCUT2D eigenvalue weighted by Crippen LogP contribution is 2.31. The van der Waals surface area contributed by atoms with E-state index in [2.05, 4.69) is 22.2 Å². The normalized spacial score (nSPS) is 13.9. The van der Waals surface area contributed by atoms with Gasteiger partial charge in [-0.1, -0.05) is 32.0 Å². The molecule has 0 bridgehead atoms. The van der Waals surface area contributed by atoms with Crippen LogP contribution in [-0.4, -0.2) is 15.5 Å². The van der Waals surface area contributed by atoms with E-state index >= 15 is 0 Å². The Kier molecular flexibility index (Phi) is 5.37. The molecule has 6 heteroatoms. The van der Waals surface area contributed by atoms with Gasteiger partial charge < -0.3 is 10.1 Å². The van der Waals surface area contributed by atoms with Crippen LogP contribution in [0.1, 0.15) is 47.6 Å². The standard InChI is InChI=1S/C20H26N2O3S/c1-13(2)18-9-20(14(3)7-19(18)25-4)26(23,24)22-10-15-5-6-16-11-21-12-17(16)8-15/h5-9,13,21-22H,10-12H2,1-4H3. The van der Waals surface area contributed by atoms with E-state index in [0.29, 0.717) is 10.5 Å². The van der Waals surface area contributed by atoms with Crippen LogP contribution in [0.5, 0.6) is 5.75 Å². The minimum absolute atomic E-state index is 0.170. The summed E-state index contributed by atoms with van der Waals surface area (Å²) in [4.78, 5) is 0.310. The van der Waals surface area contributed by atoms with Crippen molar-refractivity contribution in [3.8, 4) is 5.75 Å². The van der Waals surface area contributed by atoms with Gasteiger partial charge in [-0.15, -0.1) is 0 Å². The molecule has 5 nitrogen and oxygen atoms in total. The Morgan fingerprint density at radius 2 is 1.88 bits per heavy atom. The Labute approximate surface area is 155 Å². The van der Waals surface area contributed by atoms with Crippen molar-refractivity contribution in [1.82, 2.24) is 10.0 Å². The number of fused-ring (bicyclic) bond motifs is 1. The van der Waals surface area contributed by atoms with Gasteiger partial charge in [0.1, 0.15) is 5.75 Å². The van der Waals surface area contributed by atoms with Crippen molar-refractivity contribution in [2.75, 3.05) is 7.11 Å². The molecule has 2 N–H and O–H groups in total. The summed E-state index contributed by atoms with van der Waals surface area (Å²) in [5.74, 6) is 0.895. The molecule has 140 valence electrons. The maximum absolute atomic E-state index is 12.9. The second-order valence-electron chi connectivity index (χ2n) is 7.05. The van der Waals surface area contributed by atoms with Gasteiger partial charge >= 0.3 is 0 Å². The van der Waals surface area contributed by atoms with Crippen LogP contribution in [0.4, 0.5) is 0 Å². The Morgan fingerprint density at radius 1 is 1.15 bits per heavy atom. The minimum atomic E-state index is -3.61. The fourth-order valence-corrected chi connectivity index (χ4v) is 4.59. The van der Waals surface area contributed by atoms with Crippen molar-refractivity contribution in [3.63, 3.8) is 0 Å². The summed E-state index contributed by atoms with van der Waals surface area (Å²) in [6.07, 6.45) is 0. The lowest BCUT2D eigenvalue weighted by molar-refractivity contribution is 0.406. The maximum atomic E-state index is 12.9. The van der Waals surface area contributed by atoms with Crippen LogP contribution in [0, 0.1) is 6.92 Å². The fourth-order valence-electron chi connectivity index (χ4n) is 3.31. The number of aryl methyl sites for hydroxylation is 1. The second-order valence-corrected chi connectivity index (χ2v) is 8.78. The van der Waals surface area contributed by atoms with Crippen molar-refractivity contribution in [2.45, 2.75) is 51.2 Å². The molecule has 0 aromatic heterocycles. The lowest BCUT2D eigenvalue weighted by Crippen LogP contribution is -2.24. The molecule has 0 spiro atoms. The SMILES string of the molecule is COc1cc(C)c(S(=O)(=O)NCc2ccc3c(c2)CNC3)cc1C(C)C. The molecule has 0 saturated carbocycles.